The maximum Gasteiger partial charge on any atom is 0.310 e. The molecule has 1 rings (SSSR count). The lowest BCUT2D eigenvalue weighted by atomic mass is 10.2. The predicted molar refractivity (Wildman–Crippen MR) is 73.7 cm³/mol. The van der Waals surface area contributed by atoms with E-state index in [0.29, 0.717) is 12.5 Å². The zero-order valence-corrected chi connectivity index (χ0v) is 11.7. The minimum absolute atomic E-state index is 0.199. The first-order valence-corrected chi connectivity index (χ1v) is 6.65. The van der Waals surface area contributed by atoms with Crippen molar-refractivity contribution in [3.8, 4) is 0 Å². The quantitative estimate of drug-likeness (QED) is 0.479. The molecule has 0 saturated heterocycles. The Morgan fingerprint density at radius 2 is 2.33 bits per heavy atom. The Morgan fingerprint density at radius 3 is 2.89 bits per heavy atom. The molecule has 0 aromatic carbocycles. The SMILES string of the molecule is CN=C(NCc1ccsc1)NCC(C)C(=O)OC. The molecule has 0 bridgehead atoms. The summed E-state index contributed by atoms with van der Waals surface area (Å²) in [7, 11) is 3.09. The highest BCUT2D eigenvalue weighted by Gasteiger charge is 2.13. The van der Waals surface area contributed by atoms with Gasteiger partial charge in [0.25, 0.3) is 0 Å². The molecular weight excluding hydrogens is 250 g/mol. The molecule has 1 atom stereocenters. The van der Waals surface area contributed by atoms with Crippen LogP contribution in [0.4, 0.5) is 0 Å². The summed E-state index contributed by atoms with van der Waals surface area (Å²) in [6.45, 7) is 3.02. The minimum Gasteiger partial charge on any atom is -0.469 e. The van der Waals surface area contributed by atoms with Crippen molar-refractivity contribution in [2.24, 2.45) is 10.9 Å². The minimum atomic E-state index is -0.226. The molecule has 0 spiro atoms. The number of thiophene rings is 1. The standard InChI is InChI=1S/C12H19N3O2S/c1-9(11(16)17-3)6-14-12(13-2)15-7-10-4-5-18-8-10/h4-5,8-9H,6-7H2,1-3H3,(H2,13,14,15). The fourth-order valence-corrected chi connectivity index (χ4v) is 2.00. The molecule has 2 N–H and O–H groups in total. The van der Waals surface area contributed by atoms with Crippen molar-refractivity contribution in [1.82, 2.24) is 10.6 Å². The second-order valence-corrected chi connectivity index (χ2v) is 4.64. The first-order chi connectivity index (χ1) is 8.67. The molecule has 1 heterocycles. The average Bonchev–Trinajstić information content (AvgIpc) is 2.90. The molecule has 0 saturated carbocycles. The Hall–Kier alpha value is -1.56. The van der Waals surface area contributed by atoms with Gasteiger partial charge in [0.1, 0.15) is 0 Å². The number of hydrogen-bond donors (Lipinski definition) is 2. The van der Waals surface area contributed by atoms with E-state index in [0.717, 1.165) is 6.54 Å². The van der Waals surface area contributed by atoms with Crippen LogP contribution in [-0.4, -0.2) is 32.6 Å². The summed E-state index contributed by atoms with van der Waals surface area (Å²) in [4.78, 5) is 15.3. The molecule has 0 aliphatic carbocycles. The molecule has 0 aliphatic heterocycles. The summed E-state index contributed by atoms with van der Waals surface area (Å²) in [5.74, 6) is 0.252. The Kier molecular flexibility index (Phi) is 6.21. The van der Waals surface area contributed by atoms with Crippen LogP contribution in [0, 0.1) is 5.92 Å². The number of carbonyl (C=O) groups is 1. The van der Waals surface area contributed by atoms with E-state index < -0.39 is 0 Å². The molecule has 100 valence electrons. The highest BCUT2D eigenvalue weighted by atomic mass is 32.1. The van der Waals surface area contributed by atoms with Gasteiger partial charge in [0.15, 0.2) is 5.96 Å². The topological polar surface area (TPSA) is 62.7 Å². The van der Waals surface area contributed by atoms with E-state index in [-0.39, 0.29) is 11.9 Å². The average molecular weight is 269 g/mol. The summed E-state index contributed by atoms with van der Waals surface area (Å²) < 4.78 is 4.66. The van der Waals surface area contributed by atoms with Crippen LogP contribution in [0.1, 0.15) is 12.5 Å². The van der Waals surface area contributed by atoms with Crippen LogP contribution in [0.25, 0.3) is 0 Å². The zero-order valence-electron chi connectivity index (χ0n) is 10.9. The van der Waals surface area contributed by atoms with E-state index in [9.17, 15) is 4.79 Å². The van der Waals surface area contributed by atoms with Gasteiger partial charge in [-0.15, -0.1) is 0 Å². The van der Waals surface area contributed by atoms with E-state index in [1.807, 2.05) is 12.3 Å². The molecule has 0 fully saturated rings. The Labute approximate surface area is 111 Å². The number of rotatable bonds is 5. The van der Waals surface area contributed by atoms with Crippen LogP contribution < -0.4 is 10.6 Å². The summed E-state index contributed by atoms with van der Waals surface area (Å²) in [6.07, 6.45) is 0. The van der Waals surface area contributed by atoms with Crippen LogP contribution in [-0.2, 0) is 16.1 Å². The maximum absolute atomic E-state index is 11.2. The monoisotopic (exact) mass is 269 g/mol. The van der Waals surface area contributed by atoms with Gasteiger partial charge >= 0.3 is 5.97 Å². The third kappa shape index (κ3) is 4.75. The molecule has 18 heavy (non-hydrogen) atoms. The molecule has 0 aliphatic rings. The summed E-state index contributed by atoms with van der Waals surface area (Å²) in [5, 5.41) is 10.4. The Balaban J connectivity index is 2.32. The predicted octanol–water partition coefficient (Wildman–Crippen LogP) is 1.22. The van der Waals surface area contributed by atoms with Crippen LogP contribution in [0.2, 0.25) is 0 Å². The molecule has 0 radical (unpaired) electrons. The number of carbonyl (C=O) groups excluding carboxylic acids is 1. The first-order valence-electron chi connectivity index (χ1n) is 5.70. The van der Waals surface area contributed by atoms with Gasteiger partial charge in [0.05, 0.1) is 13.0 Å². The van der Waals surface area contributed by atoms with E-state index in [4.69, 9.17) is 0 Å². The largest absolute Gasteiger partial charge is 0.469 e. The van der Waals surface area contributed by atoms with E-state index >= 15 is 0 Å². The number of guanidine groups is 1. The highest BCUT2D eigenvalue weighted by Crippen LogP contribution is 2.04. The molecule has 1 aromatic rings. The van der Waals surface area contributed by atoms with Gasteiger partial charge < -0.3 is 15.4 Å². The van der Waals surface area contributed by atoms with Gasteiger partial charge in [0, 0.05) is 20.1 Å². The number of aliphatic imine (C=N–C) groups is 1. The Bertz CT molecular complexity index is 390. The number of methoxy groups -OCH3 is 1. The summed E-state index contributed by atoms with van der Waals surface area (Å²) in [6, 6.07) is 2.06. The number of esters is 1. The van der Waals surface area contributed by atoms with Crippen molar-refractivity contribution in [3.63, 3.8) is 0 Å². The third-order valence-electron chi connectivity index (χ3n) is 2.44. The first kappa shape index (κ1) is 14.5. The summed E-state index contributed by atoms with van der Waals surface area (Å²) in [5.41, 5.74) is 1.21. The lowest BCUT2D eigenvalue weighted by Gasteiger charge is -2.14. The number of nitrogens with one attached hydrogen (secondary N) is 2. The fourth-order valence-electron chi connectivity index (χ4n) is 1.33. The van der Waals surface area contributed by atoms with Crippen molar-refractivity contribution >= 4 is 23.3 Å². The molecular formula is C12H19N3O2S. The van der Waals surface area contributed by atoms with Gasteiger partial charge in [-0.3, -0.25) is 9.79 Å². The smallest absolute Gasteiger partial charge is 0.310 e. The van der Waals surface area contributed by atoms with Crippen LogP contribution >= 0.6 is 11.3 Å². The maximum atomic E-state index is 11.2. The highest BCUT2D eigenvalue weighted by molar-refractivity contribution is 7.07. The number of hydrogen-bond acceptors (Lipinski definition) is 4. The number of nitrogens with zero attached hydrogens (tertiary/aromatic N) is 1. The van der Waals surface area contributed by atoms with Gasteiger partial charge in [0.2, 0.25) is 0 Å². The van der Waals surface area contributed by atoms with Crippen molar-refractivity contribution < 1.29 is 9.53 Å². The van der Waals surface area contributed by atoms with Crippen LogP contribution in [0.5, 0.6) is 0 Å². The van der Waals surface area contributed by atoms with Crippen LogP contribution in [0.15, 0.2) is 21.8 Å². The molecule has 0 amide bonds. The van der Waals surface area contributed by atoms with Gasteiger partial charge in [-0.25, -0.2) is 0 Å². The van der Waals surface area contributed by atoms with Crippen molar-refractivity contribution in [1.29, 1.82) is 0 Å². The van der Waals surface area contributed by atoms with Crippen molar-refractivity contribution in [3.05, 3.63) is 22.4 Å². The van der Waals surface area contributed by atoms with Crippen molar-refractivity contribution in [2.75, 3.05) is 20.7 Å². The third-order valence-corrected chi connectivity index (χ3v) is 3.17. The van der Waals surface area contributed by atoms with Gasteiger partial charge in [-0.1, -0.05) is 6.92 Å². The van der Waals surface area contributed by atoms with E-state index in [1.54, 1.807) is 18.4 Å². The zero-order chi connectivity index (χ0) is 13.4. The molecule has 6 heteroatoms. The second-order valence-electron chi connectivity index (χ2n) is 3.86. The van der Waals surface area contributed by atoms with Crippen LogP contribution in [0.3, 0.4) is 0 Å². The Morgan fingerprint density at radius 1 is 1.56 bits per heavy atom. The second kappa shape index (κ2) is 7.71. The molecule has 1 unspecified atom stereocenters. The lowest BCUT2D eigenvalue weighted by Crippen LogP contribution is -2.40. The van der Waals surface area contributed by atoms with E-state index in [1.165, 1.54) is 12.7 Å². The number of ether oxygens (including phenoxy) is 1. The lowest BCUT2D eigenvalue weighted by molar-refractivity contribution is -0.144. The molecule has 5 nitrogen and oxygen atoms in total. The van der Waals surface area contributed by atoms with Gasteiger partial charge in [-0.2, -0.15) is 11.3 Å². The van der Waals surface area contributed by atoms with Gasteiger partial charge in [-0.05, 0) is 22.4 Å². The summed E-state index contributed by atoms with van der Waals surface area (Å²) >= 11 is 1.66. The fraction of sp³-hybridized carbons (Fsp3) is 0.500. The van der Waals surface area contributed by atoms with E-state index in [2.05, 4.69) is 31.8 Å². The molecule has 1 aromatic heterocycles. The normalized spacial score (nSPS) is 12.9. The van der Waals surface area contributed by atoms with Crippen molar-refractivity contribution in [2.45, 2.75) is 13.5 Å².